The van der Waals surface area contributed by atoms with Crippen LogP contribution < -0.4 is 0 Å². The molecule has 2 heterocycles. The van der Waals surface area contributed by atoms with Gasteiger partial charge in [-0.05, 0) is 22.3 Å². The highest BCUT2D eigenvalue weighted by Crippen LogP contribution is 2.36. The SMILES string of the molecule is CC(=O)OC[C@H]1O[C@@H](O)[C@H](OC(C)=O)[C@@H](O[C@H]2O[C@H](COCc3ccccc3)[C@@H](OCc3ccccc3)[C@H](OCc3ccccc3)[C@H]2OCc2ccccc2)[C@@H]1OC(C)=O. The van der Waals surface area contributed by atoms with E-state index in [1.165, 1.54) is 13.8 Å². The molecular weight excluding hydrogens is 776 g/mol. The zero-order chi connectivity index (χ0) is 42.3. The van der Waals surface area contributed by atoms with Gasteiger partial charge in [0.15, 0.2) is 24.8 Å². The molecule has 2 aliphatic rings. The summed E-state index contributed by atoms with van der Waals surface area (Å²) >= 11 is 0. The molecule has 4 aromatic rings. The van der Waals surface area contributed by atoms with Crippen molar-refractivity contribution in [2.75, 3.05) is 13.2 Å². The quantitative estimate of drug-likeness (QED) is 0.0968. The lowest BCUT2D eigenvalue weighted by Gasteiger charge is -2.49. The molecule has 0 aliphatic carbocycles. The first-order valence-electron chi connectivity index (χ1n) is 19.8. The van der Waals surface area contributed by atoms with Crippen molar-refractivity contribution in [2.45, 2.75) is 109 Å². The summed E-state index contributed by atoms with van der Waals surface area (Å²) in [5, 5.41) is 11.3. The van der Waals surface area contributed by atoms with Gasteiger partial charge in [0.2, 0.25) is 0 Å². The van der Waals surface area contributed by atoms with Crippen LogP contribution >= 0.6 is 0 Å². The smallest absolute Gasteiger partial charge is 0.303 e. The molecule has 320 valence electrons. The summed E-state index contributed by atoms with van der Waals surface area (Å²) in [6, 6.07) is 38.4. The maximum Gasteiger partial charge on any atom is 0.303 e. The van der Waals surface area contributed by atoms with Crippen LogP contribution in [-0.4, -0.2) is 97.6 Å². The minimum atomic E-state index is -1.80. The third kappa shape index (κ3) is 13.0. The fraction of sp³-hybridized carbons (Fsp3) is 0.413. The van der Waals surface area contributed by atoms with Gasteiger partial charge in [-0.25, -0.2) is 0 Å². The summed E-state index contributed by atoms with van der Waals surface area (Å²) in [6.07, 6.45) is -12.4. The van der Waals surface area contributed by atoms with Crippen molar-refractivity contribution in [1.29, 1.82) is 0 Å². The van der Waals surface area contributed by atoms with Crippen LogP contribution in [0.5, 0.6) is 0 Å². The lowest BCUT2D eigenvalue weighted by atomic mass is 9.95. The van der Waals surface area contributed by atoms with Crippen LogP contribution in [0, 0.1) is 0 Å². The number of ether oxygens (including phenoxy) is 10. The maximum atomic E-state index is 12.6. The Morgan fingerprint density at radius 3 is 1.40 bits per heavy atom. The minimum Gasteiger partial charge on any atom is -0.463 e. The predicted octanol–water partition coefficient (Wildman–Crippen LogP) is 5.21. The Bertz CT molecular complexity index is 1900. The van der Waals surface area contributed by atoms with E-state index >= 15 is 0 Å². The molecule has 2 aliphatic heterocycles. The Labute approximate surface area is 349 Å². The molecule has 0 unspecified atom stereocenters. The summed E-state index contributed by atoms with van der Waals surface area (Å²) in [5.41, 5.74) is 3.57. The van der Waals surface area contributed by atoms with Gasteiger partial charge in [-0.2, -0.15) is 0 Å². The van der Waals surface area contributed by atoms with Crippen molar-refractivity contribution in [3.05, 3.63) is 144 Å². The predicted molar refractivity (Wildman–Crippen MR) is 213 cm³/mol. The molecule has 4 aromatic carbocycles. The number of carbonyl (C=O) groups is 3. The normalized spacial score (nSPS) is 26.5. The molecule has 14 nitrogen and oxygen atoms in total. The molecule has 2 fully saturated rings. The van der Waals surface area contributed by atoms with E-state index in [0.29, 0.717) is 0 Å². The standard InChI is InChI=1S/C46H52O14/c1-30(47)52-29-38-40(56-31(2)48)42(43(45(50)58-38)57-32(3)49)60-46-44(55-27-36-22-14-7-15-23-36)41(54-26-35-20-12-6-13-21-35)39(53-25-34-18-10-5-11-19-34)37(59-46)28-51-24-33-16-8-4-9-17-33/h4-23,37-46,50H,24-29H2,1-3H3/t37-,38-,39-,40-,41+,42+,43-,44-,45-,46-/m1/s1. The van der Waals surface area contributed by atoms with Gasteiger partial charge < -0.3 is 52.5 Å². The van der Waals surface area contributed by atoms with Crippen LogP contribution in [0.4, 0.5) is 0 Å². The van der Waals surface area contributed by atoms with Crippen LogP contribution in [0.3, 0.4) is 0 Å². The van der Waals surface area contributed by atoms with Crippen molar-refractivity contribution in [1.82, 2.24) is 0 Å². The second-order valence-electron chi connectivity index (χ2n) is 14.4. The first-order chi connectivity index (χ1) is 29.1. The lowest BCUT2D eigenvalue weighted by molar-refractivity contribution is -0.368. The lowest BCUT2D eigenvalue weighted by Crippen LogP contribution is -2.66. The molecule has 0 aromatic heterocycles. The van der Waals surface area contributed by atoms with Crippen molar-refractivity contribution in [3.8, 4) is 0 Å². The molecule has 10 atom stereocenters. The number of rotatable bonds is 19. The average Bonchev–Trinajstić information content (AvgIpc) is 3.24. The molecule has 0 bridgehead atoms. The molecule has 14 heteroatoms. The number of hydrogen-bond donors (Lipinski definition) is 1. The molecule has 60 heavy (non-hydrogen) atoms. The van der Waals surface area contributed by atoms with E-state index in [2.05, 4.69) is 0 Å². The molecule has 0 radical (unpaired) electrons. The van der Waals surface area contributed by atoms with Gasteiger partial charge in [0.1, 0.15) is 43.2 Å². The van der Waals surface area contributed by atoms with Crippen molar-refractivity contribution in [3.63, 3.8) is 0 Å². The van der Waals surface area contributed by atoms with Crippen LogP contribution in [0.15, 0.2) is 121 Å². The largest absolute Gasteiger partial charge is 0.463 e. The van der Waals surface area contributed by atoms with Crippen LogP contribution in [0.25, 0.3) is 0 Å². The fourth-order valence-electron chi connectivity index (χ4n) is 7.05. The topological polar surface area (TPSA) is 164 Å². The third-order valence-corrected chi connectivity index (χ3v) is 9.80. The highest BCUT2D eigenvalue weighted by Gasteiger charge is 2.55. The molecule has 0 spiro atoms. The first kappa shape index (κ1) is 44.5. The highest BCUT2D eigenvalue weighted by molar-refractivity contribution is 5.67. The van der Waals surface area contributed by atoms with E-state index in [4.69, 9.17) is 47.4 Å². The zero-order valence-corrected chi connectivity index (χ0v) is 33.8. The number of aliphatic hydroxyl groups is 1. The number of carbonyl (C=O) groups excluding carboxylic acids is 3. The van der Waals surface area contributed by atoms with Crippen molar-refractivity contribution < 1.29 is 66.9 Å². The van der Waals surface area contributed by atoms with E-state index in [9.17, 15) is 19.5 Å². The fourth-order valence-corrected chi connectivity index (χ4v) is 7.05. The van der Waals surface area contributed by atoms with E-state index in [1.54, 1.807) is 0 Å². The van der Waals surface area contributed by atoms with Gasteiger partial charge in [-0.15, -0.1) is 0 Å². The van der Waals surface area contributed by atoms with E-state index in [0.717, 1.165) is 29.2 Å². The van der Waals surface area contributed by atoms with E-state index < -0.39 is 85.9 Å². The van der Waals surface area contributed by atoms with Crippen LogP contribution in [0.2, 0.25) is 0 Å². The Morgan fingerprint density at radius 2 is 0.917 bits per heavy atom. The van der Waals surface area contributed by atoms with Gasteiger partial charge in [-0.3, -0.25) is 14.4 Å². The van der Waals surface area contributed by atoms with Crippen LogP contribution in [0.1, 0.15) is 43.0 Å². The maximum absolute atomic E-state index is 12.6. The Balaban J connectivity index is 1.41. The molecule has 6 rings (SSSR count). The number of esters is 3. The van der Waals surface area contributed by atoms with Crippen LogP contribution in [-0.2, 0) is 88.2 Å². The van der Waals surface area contributed by atoms with Gasteiger partial charge in [0.25, 0.3) is 0 Å². The first-order valence-corrected chi connectivity index (χ1v) is 19.8. The highest BCUT2D eigenvalue weighted by atomic mass is 16.8. The van der Waals surface area contributed by atoms with Crippen molar-refractivity contribution >= 4 is 17.9 Å². The summed E-state index contributed by atoms with van der Waals surface area (Å²) in [5.74, 6) is -2.16. The Morgan fingerprint density at radius 1 is 0.483 bits per heavy atom. The number of aliphatic hydroxyl groups excluding tert-OH is 1. The second kappa shape index (κ2) is 22.5. The van der Waals surface area contributed by atoms with Gasteiger partial charge >= 0.3 is 17.9 Å². The summed E-state index contributed by atoms with van der Waals surface area (Å²) in [4.78, 5) is 37.0. The molecular formula is C46H52O14. The van der Waals surface area contributed by atoms with E-state index in [-0.39, 0.29) is 33.0 Å². The monoisotopic (exact) mass is 828 g/mol. The molecule has 0 amide bonds. The Hall–Kier alpha value is -5.03. The average molecular weight is 829 g/mol. The summed E-state index contributed by atoms with van der Waals surface area (Å²) < 4.78 is 62.4. The summed E-state index contributed by atoms with van der Waals surface area (Å²) in [7, 11) is 0. The molecule has 2 saturated heterocycles. The minimum absolute atomic E-state index is 0.0110. The van der Waals surface area contributed by atoms with Gasteiger partial charge in [0, 0.05) is 20.8 Å². The third-order valence-electron chi connectivity index (χ3n) is 9.80. The summed E-state index contributed by atoms with van der Waals surface area (Å²) in [6.45, 7) is 3.81. The van der Waals surface area contributed by atoms with Gasteiger partial charge in [0.05, 0.1) is 33.0 Å². The Kier molecular flexibility index (Phi) is 16.7. The second-order valence-corrected chi connectivity index (χ2v) is 14.4. The zero-order valence-electron chi connectivity index (χ0n) is 33.8. The van der Waals surface area contributed by atoms with Crippen molar-refractivity contribution in [2.24, 2.45) is 0 Å². The molecule has 0 saturated carbocycles. The number of benzene rings is 4. The molecule has 1 N–H and O–H groups in total. The number of hydrogen-bond acceptors (Lipinski definition) is 14. The van der Waals surface area contributed by atoms with Gasteiger partial charge in [-0.1, -0.05) is 121 Å². The van der Waals surface area contributed by atoms with E-state index in [1.807, 2.05) is 121 Å².